The fourth-order valence-corrected chi connectivity index (χ4v) is 1.93. The van der Waals surface area contributed by atoms with E-state index in [-0.39, 0.29) is 0 Å². The molecule has 0 fully saturated rings. The van der Waals surface area contributed by atoms with Gasteiger partial charge in [0.25, 0.3) is 0 Å². The van der Waals surface area contributed by atoms with Crippen LogP contribution in [0.1, 0.15) is 25.5 Å². The van der Waals surface area contributed by atoms with Crippen LogP contribution < -0.4 is 4.90 Å². The Labute approximate surface area is 96.9 Å². The Morgan fingerprint density at radius 2 is 1.88 bits per heavy atom. The van der Waals surface area contributed by atoms with Gasteiger partial charge in [0.05, 0.1) is 5.69 Å². The Morgan fingerprint density at radius 1 is 1.12 bits per heavy atom. The highest BCUT2D eigenvalue weighted by atomic mass is 15.1. The molecule has 0 atom stereocenters. The molecule has 0 N–H and O–H groups in total. The lowest BCUT2D eigenvalue weighted by Gasteiger charge is -2.14. The van der Waals surface area contributed by atoms with Gasteiger partial charge in [-0.05, 0) is 29.5 Å². The number of rotatable bonds is 2. The number of aromatic nitrogens is 1. The first kappa shape index (κ1) is 10.9. The second-order valence-electron chi connectivity index (χ2n) is 4.65. The van der Waals surface area contributed by atoms with Crippen molar-refractivity contribution in [3.05, 3.63) is 36.2 Å². The van der Waals surface area contributed by atoms with E-state index in [1.54, 1.807) is 0 Å². The van der Waals surface area contributed by atoms with Crippen LogP contribution in [0, 0.1) is 0 Å². The predicted molar refractivity (Wildman–Crippen MR) is 70.2 cm³/mol. The molecule has 0 saturated heterocycles. The molecule has 0 aliphatic carbocycles. The first-order valence-electron chi connectivity index (χ1n) is 5.65. The van der Waals surface area contributed by atoms with Gasteiger partial charge < -0.3 is 4.90 Å². The van der Waals surface area contributed by atoms with Crippen LogP contribution >= 0.6 is 0 Å². The quantitative estimate of drug-likeness (QED) is 0.761. The first-order valence-corrected chi connectivity index (χ1v) is 5.65. The van der Waals surface area contributed by atoms with Crippen LogP contribution in [-0.2, 0) is 0 Å². The van der Waals surface area contributed by atoms with Crippen molar-refractivity contribution in [3.63, 3.8) is 0 Å². The second-order valence-corrected chi connectivity index (χ2v) is 4.65. The normalized spacial score (nSPS) is 11.1. The Balaban J connectivity index is 2.64. The lowest BCUT2D eigenvalue weighted by atomic mass is 10.0. The molecule has 0 radical (unpaired) electrons. The van der Waals surface area contributed by atoms with Gasteiger partial charge >= 0.3 is 0 Å². The summed E-state index contributed by atoms with van der Waals surface area (Å²) in [6.45, 7) is 4.36. The van der Waals surface area contributed by atoms with Crippen molar-refractivity contribution in [3.8, 4) is 0 Å². The van der Waals surface area contributed by atoms with Gasteiger partial charge in [-0.25, -0.2) is 0 Å². The van der Waals surface area contributed by atoms with E-state index in [1.807, 2.05) is 6.20 Å². The summed E-state index contributed by atoms with van der Waals surface area (Å²) >= 11 is 0. The Morgan fingerprint density at radius 3 is 2.50 bits per heavy atom. The molecule has 2 heteroatoms. The molecule has 84 valence electrons. The average molecular weight is 214 g/mol. The fourth-order valence-electron chi connectivity index (χ4n) is 1.93. The van der Waals surface area contributed by atoms with E-state index in [0.29, 0.717) is 5.92 Å². The third-order valence-corrected chi connectivity index (χ3v) is 2.84. The van der Waals surface area contributed by atoms with Crippen LogP contribution in [0.25, 0.3) is 10.8 Å². The van der Waals surface area contributed by atoms with Crippen LogP contribution in [-0.4, -0.2) is 19.1 Å². The van der Waals surface area contributed by atoms with Gasteiger partial charge in [-0.3, -0.25) is 4.98 Å². The number of fused-ring (bicyclic) bond motifs is 1. The standard InChI is InChI=1S/C14H18N2/c1-10(2)14-13-6-5-12(16(3)4)9-11(13)7-8-15-14/h5-10H,1-4H3. The molecule has 0 spiro atoms. The van der Waals surface area contributed by atoms with Gasteiger partial charge in [-0.1, -0.05) is 19.9 Å². The van der Waals surface area contributed by atoms with Crippen LogP contribution in [0.15, 0.2) is 30.5 Å². The van der Waals surface area contributed by atoms with Crippen LogP contribution in [0.5, 0.6) is 0 Å². The van der Waals surface area contributed by atoms with Gasteiger partial charge in [0, 0.05) is 31.4 Å². The van der Waals surface area contributed by atoms with Gasteiger partial charge in [0.2, 0.25) is 0 Å². The largest absolute Gasteiger partial charge is 0.378 e. The molecular weight excluding hydrogens is 196 g/mol. The molecular formula is C14H18N2. The Bertz CT molecular complexity index is 501. The molecule has 0 aliphatic heterocycles. The van der Waals surface area contributed by atoms with E-state index in [4.69, 9.17) is 0 Å². The maximum Gasteiger partial charge on any atom is 0.0507 e. The maximum atomic E-state index is 4.47. The number of nitrogens with zero attached hydrogens (tertiary/aromatic N) is 2. The summed E-state index contributed by atoms with van der Waals surface area (Å²) in [5.74, 6) is 0.467. The highest BCUT2D eigenvalue weighted by Crippen LogP contribution is 2.26. The van der Waals surface area contributed by atoms with Gasteiger partial charge in [-0.2, -0.15) is 0 Å². The minimum atomic E-state index is 0.467. The second kappa shape index (κ2) is 4.12. The zero-order valence-corrected chi connectivity index (χ0v) is 10.4. The molecule has 2 nitrogen and oxygen atoms in total. The number of pyridine rings is 1. The van der Waals surface area contributed by atoms with Gasteiger partial charge in [0.15, 0.2) is 0 Å². The van der Waals surface area contributed by atoms with Crippen molar-refractivity contribution in [1.82, 2.24) is 4.98 Å². The maximum absolute atomic E-state index is 4.47. The summed E-state index contributed by atoms with van der Waals surface area (Å²) in [6, 6.07) is 8.61. The molecule has 0 unspecified atom stereocenters. The topological polar surface area (TPSA) is 16.1 Å². The molecule has 1 aromatic carbocycles. The summed E-state index contributed by atoms with van der Waals surface area (Å²) in [4.78, 5) is 6.59. The zero-order chi connectivity index (χ0) is 11.7. The van der Waals surface area contributed by atoms with Crippen LogP contribution in [0.3, 0.4) is 0 Å². The van der Waals surface area contributed by atoms with Crippen molar-refractivity contribution in [1.29, 1.82) is 0 Å². The lowest BCUT2D eigenvalue weighted by Crippen LogP contribution is -2.08. The molecule has 1 aromatic heterocycles. The summed E-state index contributed by atoms with van der Waals surface area (Å²) in [6.07, 6.45) is 1.90. The zero-order valence-electron chi connectivity index (χ0n) is 10.4. The van der Waals surface area contributed by atoms with E-state index < -0.39 is 0 Å². The molecule has 2 rings (SSSR count). The van der Waals surface area contributed by atoms with E-state index in [1.165, 1.54) is 22.2 Å². The van der Waals surface area contributed by atoms with E-state index in [0.717, 1.165) is 0 Å². The average Bonchev–Trinajstić information content (AvgIpc) is 2.27. The van der Waals surface area contributed by atoms with Gasteiger partial charge in [-0.15, -0.1) is 0 Å². The van der Waals surface area contributed by atoms with Crippen LogP contribution in [0.4, 0.5) is 5.69 Å². The number of benzene rings is 1. The summed E-state index contributed by atoms with van der Waals surface area (Å²) in [7, 11) is 4.12. The molecule has 0 amide bonds. The van der Waals surface area contributed by atoms with Crippen molar-refractivity contribution < 1.29 is 0 Å². The molecule has 1 heterocycles. The minimum Gasteiger partial charge on any atom is -0.378 e. The van der Waals surface area contributed by atoms with E-state index in [9.17, 15) is 0 Å². The van der Waals surface area contributed by atoms with Crippen molar-refractivity contribution in [2.24, 2.45) is 0 Å². The highest BCUT2D eigenvalue weighted by molar-refractivity contribution is 5.87. The van der Waals surface area contributed by atoms with E-state index in [2.05, 4.69) is 62.1 Å². The fraction of sp³-hybridized carbons (Fsp3) is 0.357. The Hall–Kier alpha value is -1.57. The minimum absolute atomic E-state index is 0.467. The van der Waals surface area contributed by atoms with Crippen molar-refractivity contribution >= 4 is 16.5 Å². The number of anilines is 1. The van der Waals surface area contributed by atoms with Crippen molar-refractivity contribution in [2.45, 2.75) is 19.8 Å². The summed E-state index contributed by atoms with van der Waals surface area (Å²) < 4.78 is 0. The first-order chi connectivity index (χ1) is 7.59. The Kier molecular flexibility index (Phi) is 2.82. The van der Waals surface area contributed by atoms with Gasteiger partial charge in [0.1, 0.15) is 0 Å². The third kappa shape index (κ3) is 1.87. The molecule has 2 aromatic rings. The number of hydrogen-bond donors (Lipinski definition) is 0. The molecule has 0 bridgehead atoms. The number of hydrogen-bond acceptors (Lipinski definition) is 2. The van der Waals surface area contributed by atoms with E-state index >= 15 is 0 Å². The lowest BCUT2D eigenvalue weighted by molar-refractivity contribution is 0.834. The smallest absolute Gasteiger partial charge is 0.0507 e. The highest BCUT2D eigenvalue weighted by Gasteiger charge is 2.07. The predicted octanol–water partition coefficient (Wildman–Crippen LogP) is 3.42. The van der Waals surface area contributed by atoms with Crippen molar-refractivity contribution in [2.75, 3.05) is 19.0 Å². The SMILES string of the molecule is CC(C)c1nccc2cc(N(C)C)ccc12. The molecule has 16 heavy (non-hydrogen) atoms. The molecule has 0 aliphatic rings. The summed E-state index contributed by atoms with van der Waals surface area (Å²) in [5, 5.41) is 2.54. The third-order valence-electron chi connectivity index (χ3n) is 2.84. The summed E-state index contributed by atoms with van der Waals surface area (Å²) in [5.41, 5.74) is 2.41. The molecule has 0 saturated carbocycles. The monoisotopic (exact) mass is 214 g/mol. The van der Waals surface area contributed by atoms with Crippen LogP contribution in [0.2, 0.25) is 0 Å².